The Bertz CT molecular complexity index is 1250. The van der Waals surface area contributed by atoms with E-state index in [4.69, 9.17) is 0 Å². The Morgan fingerprint density at radius 2 is 1.47 bits per heavy atom. The molecule has 0 aromatic heterocycles. The van der Waals surface area contributed by atoms with Crippen molar-refractivity contribution in [2.75, 3.05) is 0 Å². The minimum Gasteiger partial charge on any atom is -0.298 e. The molecule has 0 heterocycles. The van der Waals surface area contributed by atoms with Gasteiger partial charge < -0.3 is 0 Å². The highest BCUT2D eigenvalue weighted by atomic mass is 16.1. The smallest absolute Gasteiger partial charge is 0.179 e. The van der Waals surface area contributed by atoms with Crippen LogP contribution in [0.1, 0.15) is 27.0 Å². The normalized spacial score (nSPS) is 17.9. The molecule has 3 heteroatoms. The van der Waals surface area contributed by atoms with Crippen molar-refractivity contribution in [2.24, 2.45) is 11.3 Å². The van der Waals surface area contributed by atoms with E-state index in [1.165, 1.54) is 0 Å². The van der Waals surface area contributed by atoms with Gasteiger partial charge in [0.25, 0.3) is 0 Å². The Morgan fingerprint density at radius 3 is 2.07 bits per heavy atom. The van der Waals surface area contributed by atoms with E-state index >= 15 is 0 Å². The van der Waals surface area contributed by atoms with Crippen LogP contribution in [0.15, 0.2) is 90.6 Å². The molecular formula is C27H16N2O. The topological polar surface area (TPSA) is 64.7 Å². The largest absolute Gasteiger partial charge is 0.298 e. The van der Waals surface area contributed by atoms with E-state index in [1.54, 1.807) is 12.1 Å². The lowest BCUT2D eigenvalue weighted by molar-refractivity contribution is 0.112. The summed E-state index contributed by atoms with van der Waals surface area (Å²) in [7, 11) is 0. The Balaban J connectivity index is 1.65. The second kappa shape index (κ2) is 7.92. The van der Waals surface area contributed by atoms with Crippen molar-refractivity contribution >= 4 is 11.9 Å². The van der Waals surface area contributed by atoms with Crippen molar-refractivity contribution in [3.63, 3.8) is 0 Å². The molecule has 3 nitrogen and oxygen atoms in total. The second-order valence-corrected chi connectivity index (χ2v) is 7.07. The maximum atomic E-state index is 10.7. The summed E-state index contributed by atoms with van der Waals surface area (Å²) in [6.07, 6.45) is 12.3. The molecule has 30 heavy (non-hydrogen) atoms. The molecule has 0 spiro atoms. The zero-order valence-corrected chi connectivity index (χ0v) is 16.0. The van der Waals surface area contributed by atoms with Crippen molar-refractivity contribution in [1.29, 1.82) is 10.5 Å². The van der Waals surface area contributed by atoms with Gasteiger partial charge in [-0.15, -0.1) is 0 Å². The van der Waals surface area contributed by atoms with Gasteiger partial charge in [-0.1, -0.05) is 72.6 Å². The summed E-state index contributed by atoms with van der Waals surface area (Å²) in [5.41, 5.74) is 3.53. The monoisotopic (exact) mass is 384 g/mol. The molecule has 0 saturated heterocycles. The molecule has 140 valence electrons. The first kappa shape index (κ1) is 18.9. The zero-order chi connectivity index (χ0) is 21.0. The van der Waals surface area contributed by atoms with Crippen LogP contribution < -0.4 is 0 Å². The van der Waals surface area contributed by atoms with E-state index in [1.807, 2.05) is 72.9 Å². The number of fused-ring (bicyclic) bond motifs is 1. The number of hydrogen-bond donors (Lipinski definition) is 0. The highest BCUT2D eigenvalue weighted by molar-refractivity contribution is 5.83. The van der Waals surface area contributed by atoms with E-state index in [0.717, 1.165) is 28.5 Å². The summed E-state index contributed by atoms with van der Waals surface area (Å²) in [5.74, 6) is 5.89. The molecule has 0 saturated carbocycles. The molecule has 2 aromatic rings. The number of rotatable bonds is 2. The molecule has 2 aliphatic carbocycles. The molecule has 0 bridgehead atoms. The van der Waals surface area contributed by atoms with Crippen LogP contribution >= 0.6 is 0 Å². The highest BCUT2D eigenvalue weighted by Gasteiger charge is 2.48. The number of hydrogen-bond acceptors (Lipinski definition) is 3. The van der Waals surface area contributed by atoms with Crippen LogP contribution in [0.3, 0.4) is 0 Å². The van der Waals surface area contributed by atoms with Crippen LogP contribution in [-0.2, 0) is 0 Å². The van der Waals surface area contributed by atoms with Crippen LogP contribution in [0.25, 0.3) is 5.57 Å². The van der Waals surface area contributed by atoms with Gasteiger partial charge in [-0.2, -0.15) is 10.5 Å². The molecule has 0 unspecified atom stereocenters. The first-order valence-corrected chi connectivity index (χ1v) is 9.47. The quantitative estimate of drug-likeness (QED) is 0.541. The lowest BCUT2D eigenvalue weighted by Gasteiger charge is -2.23. The van der Waals surface area contributed by atoms with Gasteiger partial charge in [0, 0.05) is 22.6 Å². The predicted molar refractivity (Wildman–Crippen MR) is 116 cm³/mol. The van der Waals surface area contributed by atoms with Gasteiger partial charge in [-0.25, -0.2) is 0 Å². The van der Waals surface area contributed by atoms with E-state index in [2.05, 4.69) is 24.0 Å². The summed E-state index contributed by atoms with van der Waals surface area (Å²) in [6, 6.07) is 19.2. The van der Waals surface area contributed by atoms with Gasteiger partial charge in [-0.05, 0) is 41.0 Å². The second-order valence-electron chi connectivity index (χ2n) is 7.07. The third-order valence-electron chi connectivity index (χ3n) is 5.32. The predicted octanol–water partition coefficient (Wildman–Crippen LogP) is 5.00. The van der Waals surface area contributed by atoms with Crippen LogP contribution in [0.5, 0.6) is 0 Å². The number of aldehydes is 1. The fraction of sp³-hybridized carbons (Fsp3) is 0.0741. The summed E-state index contributed by atoms with van der Waals surface area (Å²) in [5, 5.41) is 19.9. The lowest BCUT2D eigenvalue weighted by atomic mass is 9.73. The van der Waals surface area contributed by atoms with Crippen molar-refractivity contribution in [2.45, 2.75) is 0 Å². The molecular weight excluding hydrogens is 368 g/mol. The maximum Gasteiger partial charge on any atom is 0.179 e. The number of nitriles is 2. The van der Waals surface area contributed by atoms with Gasteiger partial charge in [0.05, 0.1) is 12.1 Å². The Hall–Kier alpha value is -4.39. The third-order valence-corrected chi connectivity index (χ3v) is 5.32. The summed E-state index contributed by atoms with van der Waals surface area (Å²) in [6.45, 7) is 0. The molecule has 2 aliphatic rings. The number of benzene rings is 2. The van der Waals surface area contributed by atoms with Crippen molar-refractivity contribution in [3.8, 4) is 24.0 Å². The summed E-state index contributed by atoms with van der Waals surface area (Å²) < 4.78 is 0. The van der Waals surface area contributed by atoms with Crippen LogP contribution in [0, 0.1) is 45.8 Å². The molecule has 0 aliphatic heterocycles. The Labute approximate surface area is 175 Å². The average Bonchev–Trinajstić information content (AvgIpc) is 2.93. The van der Waals surface area contributed by atoms with Crippen molar-refractivity contribution < 1.29 is 4.79 Å². The van der Waals surface area contributed by atoms with Crippen LogP contribution in [0.2, 0.25) is 0 Å². The minimum absolute atomic E-state index is 0.286. The van der Waals surface area contributed by atoms with E-state index < -0.39 is 5.41 Å². The van der Waals surface area contributed by atoms with Crippen molar-refractivity contribution in [3.05, 3.63) is 113 Å². The van der Waals surface area contributed by atoms with Gasteiger partial charge in [0.1, 0.15) is 6.29 Å². The number of carbonyl (C=O) groups excluding carboxylic acids is 1. The zero-order valence-electron chi connectivity index (χ0n) is 16.0. The molecule has 2 aromatic carbocycles. The first-order valence-electron chi connectivity index (χ1n) is 9.47. The number of allylic oxidation sites excluding steroid dienone is 8. The van der Waals surface area contributed by atoms with Crippen LogP contribution in [-0.4, -0.2) is 6.29 Å². The summed E-state index contributed by atoms with van der Waals surface area (Å²) >= 11 is 0. The lowest BCUT2D eigenvalue weighted by Crippen LogP contribution is -2.24. The SMILES string of the molecule is N#CC1(C#N)C(c2ccc(C#Cc3ccc(C=O)cc3)cc2)=CC2=CC=CC=C[C@H]21. The standard InChI is InChI=1S/C27H16N2O/c28-18-27(19-29)25-5-3-1-2-4-24(25)16-26(27)23-14-12-21(13-15-23)7-6-20-8-10-22(17-30)11-9-20/h1-5,8-17,25H/t25-/m1/s1. The third kappa shape index (κ3) is 3.29. The Kier molecular flexibility index (Phi) is 5.00. The maximum absolute atomic E-state index is 10.7. The van der Waals surface area contributed by atoms with Gasteiger partial charge >= 0.3 is 0 Å². The molecule has 1 atom stereocenters. The van der Waals surface area contributed by atoms with E-state index in [9.17, 15) is 15.3 Å². The fourth-order valence-electron chi connectivity index (χ4n) is 3.72. The summed E-state index contributed by atoms with van der Waals surface area (Å²) in [4.78, 5) is 10.7. The number of carbonyl (C=O) groups is 1. The van der Waals surface area contributed by atoms with Gasteiger partial charge in [0.2, 0.25) is 0 Å². The molecule has 0 radical (unpaired) electrons. The molecule has 0 fully saturated rings. The fourth-order valence-corrected chi connectivity index (χ4v) is 3.72. The average molecular weight is 384 g/mol. The Morgan fingerprint density at radius 1 is 0.833 bits per heavy atom. The molecule has 0 N–H and O–H groups in total. The van der Waals surface area contributed by atoms with Crippen molar-refractivity contribution in [1.82, 2.24) is 0 Å². The molecule has 4 rings (SSSR count). The number of nitrogens with zero attached hydrogens (tertiary/aromatic N) is 2. The van der Waals surface area contributed by atoms with E-state index in [-0.39, 0.29) is 5.92 Å². The molecule has 0 amide bonds. The first-order chi connectivity index (χ1) is 14.7. The van der Waals surface area contributed by atoms with Gasteiger partial charge in [0.15, 0.2) is 5.41 Å². The van der Waals surface area contributed by atoms with E-state index in [0.29, 0.717) is 11.1 Å². The van der Waals surface area contributed by atoms with Crippen LogP contribution in [0.4, 0.5) is 0 Å². The van der Waals surface area contributed by atoms with Gasteiger partial charge in [-0.3, -0.25) is 4.79 Å². The highest BCUT2D eigenvalue weighted by Crippen LogP contribution is 2.51. The minimum atomic E-state index is -1.25.